The van der Waals surface area contributed by atoms with E-state index in [-0.39, 0.29) is 18.6 Å². The molecule has 1 aromatic carbocycles. The second-order valence-electron chi connectivity index (χ2n) is 4.06. The van der Waals surface area contributed by atoms with Gasteiger partial charge >= 0.3 is 0 Å². The lowest BCUT2D eigenvalue weighted by Gasteiger charge is -2.23. The van der Waals surface area contributed by atoms with E-state index in [4.69, 9.17) is 20.3 Å². The first-order valence-electron chi connectivity index (χ1n) is 5.73. The number of benzene rings is 1. The summed E-state index contributed by atoms with van der Waals surface area (Å²) in [6.45, 7) is 2.03. The van der Waals surface area contributed by atoms with Crippen molar-refractivity contribution in [2.75, 3.05) is 20.8 Å². The molecule has 0 fully saturated rings. The highest BCUT2D eigenvalue weighted by atomic mass is 16.5. The Bertz CT molecular complexity index is 353. The number of aliphatic hydroxyl groups is 1. The largest absolute Gasteiger partial charge is 0.493 e. The molecule has 96 valence electrons. The van der Waals surface area contributed by atoms with Gasteiger partial charge in [0.25, 0.3) is 0 Å². The molecule has 0 amide bonds. The zero-order valence-electron chi connectivity index (χ0n) is 10.6. The van der Waals surface area contributed by atoms with Gasteiger partial charge in [0.2, 0.25) is 0 Å². The van der Waals surface area contributed by atoms with Crippen LogP contribution in [0.3, 0.4) is 0 Å². The monoisotopic (exact) mass is 239 g/mol. The van der Waals surface area contributed by atoms with E-state index in [1.165, 1.54) is 0 Å². The number of aliphatic hydroxyl groups excluding tert-OH is 1. The fourth-order valence-corrected chi connectivity index (χ4v) is 2.04. The highest BCUT2D eigenvalue weighted by molar-refractivity contribution is 5.48. The number of methoxy groups -OCH3 is 2. The second kappa shape index (κ2) is 6.47. The molecule has 0 aliphatic heterocycles. The lowest BCUT2D eigenvalue weighted by molar-refractivity contribution is 0.266. The van der Waals surface area contributed by atoms with Gasteiger partial charge in [0.1, 0.15) is 0 Å². The number of para-hydroxylation sites is 1. The number of hydrogen-bond donors (Lipinski definition) is 2. The first kappa shape index (κ1) is 13.8. The predicted molar refractivity (Wildman–Crippen MR) is 67.6 cm³/mol. The van der Waals surface area contributed by atoms with Gasteiger partial charge in [-0.25, -0.2) is 0 Å². The standard InChI is InChI=1S/C13H21NO3/c1-9(14)10(7-8-15)11-5-4-6-12(16-2)13(11)17-3/h4-6,9-10,15H,7-8,14H2,1-3H3. The van der Waals surface area contributed by atoms with Crippen molar-refractivity contribution in [3.05, 3.63) is 23.8 Å². The Hall–Kier alpha value is -1.26. The molecule has 0 bridgehead atoms. The smallest absolute Gasteiger partial charge is 0.164 e. The predicted octanol–water partition coefficient (Wildman–Crippen LogP) is 1.52. The molecule has 3 N–H and O–H groups in total. The van der Waals surface area contributed by atoms with E-state index < -0.39 is 0 Å². The number of ether oxygens (including phenoxy) is 2. The maximum absolute atomic E-state index is 9.11. The molecule has 0 aliphatic rings. The summed E-state index contributed by atoms with van der Waals surface area (Å²) in [5.74, 6) is 1.45. The van der Waals surface area contributed by atoms with E-state index in [2.05, 4.69) is 0 Å². The summed E-state index contributed by atoms with van der Waals surface area (Å²) >= 11 is 0. The Morgan fingerprint density at radius 1 is 1.29 bits per heavy atom. The zero-order chi connectivity index (χ0) is 12.8. The zero-order valence-corrected chi connectivity index (χ0v) is 10.6. The Morgan fingerprint density at radius 3 is 2.47 bits per heavy atom. The van der Waals surface area contributed by atoms with Gasteiger partial charge in [0.05, 0.1) is 14.2 Å². The van der Waals surface area contributed by atoms with Crippen LogP contribution in [0.2, 0.25) is 0 Å². The molecular weight excluding hydrogens is 218 g/mol. The molecule has 17 heavy (non-hydrogen) atoms. The molecule has 0 saturated heterocycles. The highest BCUT2D eigenvalue weighted by Crippen LogP contribution is 2.37. The van der Waals surface area contributed by atoms with Crippen LogP contribution in [-0.2, 0) is 0 Å². The molecule has 1 rings (SSSR count). The summed E-state index contributed by atoms with van der Waals surface area (Å²) in [4.78, 5) is 0. The average molecular weight is 239 g/mol. The fraction of sp³-hybridized carbons (Fsp3) is 0.538. The summed E-state index contributed by atoms with van der Waals surface area (Å²) < 4.78 is 10.6. The van der Waals surface area contributed by atoms with Crippen molar-refractivity contribution in [2.45, 2.75) is 25.3 Å². The van der Waals surface area contributed by atoms with Crippen LogP contribution in [-0.4, -0.2) is 32.0 Å². The van der Waals surface area contributed by atoms with Crippen molar-refractivity contribution >= 4 is 0 Å². The molecule has 2 atom stereocenters. The van der Waals surface area contributed by atoms with Gasteiger partial charge in [0, 0.05) is 24.1 Å². The third kappa shape index (κ3) is 3.11. The number of rotatable bonds is 6. The molecule has 0 spiro atoms. The first-order chi connectivity index (χ1) is 8.15. The summed E-state index contributed by atoms with van der Waals surface area (Å²) in [7, 11) is 3.22. The Labute approximate surface area is 102 Å². The first-order valence-corrected chi connectivity index (χ1v) is 5.73. The molecule has 0 heterocycles. The molecule has 0 aromatic heterocycles. The van der Waals surface area contributed by atoms with Crippen LogP contribution >= 0.6 is 0 Å². The molecule has 1 aromatic rings. The number of nitrogens with two attached hydrogens (primary N) is 1. The molecule has 0 aliphatic carbocycles. The van der Waals surface area contributed by atoms with Gasteiger partial charge < -0.3 is 20.3 Å². The van der Waals surface area contributed by atoms with E-state index in [0.29, 0.717) is 17.9 Å². The van der Waals surface area contributed by atoms with Crippen LogP contribution < -0.4 is 15.2 Å². The third-order valence-electron chi connectivity index (χ3n) is 2.91. The number of hydrogen-bond acceptors (Lipinski definition) is 4. The van der Waals surface area contributed by atoms with E-state index >= 15 is 0 Å². The minimum Gasteiger partial charge on any atom is -0.493 e. The Kier molecular flexibility index (Phi) is 5.25. The fourth-order valence-electron chi connectivity index (χ4n) is 2.04. The van der Waals surface area contributed by atoms with Crippen molar-refractivity contribution in [1.29, 1.82) is 0 Å². The topological polar surface area (TPSA) is 64.7 Å². The van der Waals surface area contributed by atoms with Crippen molar-refractivity contribution < 1.29 is 14.6 Å². The van der Waals surface area contributed by atoms with E-state index in [1.54, 1.807) is 14.2 Å². The molecule has 4 nitrogen and oxygen atoms in total. The Morgan fingerprint density at radius 2 is 2.00 bits per heavy atom. The minimum absolute atomic E-state index is 0.0526. The molecular formula is C13H21NO3. The van der Waals surface area contributed by atoms with Crippen LogP contribution in [0.5, 0.6) is 11.5 Å². The van der Waals surface area contributed by atoms with Crippen molar-refractivity contribution in [3.8, 4) is 11.5 Å². The third-order valence-corrected chi connectivity index (χ3v) is 2.91. The van der Waals surface area contributed by atoms with Crippen LogP contribution in [0.1, 0.15) is 24.8 Å². The maximum atomic E-state index is 9.11. The second-order valence-corrected chi connectivity index (χ2v) is 4.06. The van der Waals surface area contributed by atoms with E-state index in [9.17, 15) is 0 Å². The van der Waals surface area contributed by atoms with Crippen LogP contribution in [0.4, 0.5) is 0 Å². The van der Waals surface area contributed by atoms with Crippen LogP contribution in [0.15, 0.2) is 18.2 Å². The average Bonchev–Trinajstić information content (AvgIpc) is 2.34. The summed E-state index contributed by atoms with van der Waals surface area (Å²) in [6.07, 6.45) is 0.612. The molecule has 0 radical (unpaired) electrons. The van der Waals surface area contributed by atoms with Gasteiger partial charge in [-0.05, 0) is 19.4 Å². The van der Waals surface area contributed by atoms with Gasteiger partial charge in [-0.2, -0.15) is 0 Å². The van der Waals surface area contributed by atoms with Crippen molar-refractivity contribution in [2.24, 2.45) is 5.73 Å². The van der Waals surface area contributed by atoms with Crippen molar-refractivity contribution in [3.63, 3.8) is 0 Å². The summed E-state index contributed by atoms with van der Waals surface area (Å²) in [5.41, 5.74) is 6.94. The summed E-state index contributed by atoms with van der Waals surface area (Å²) in [5, 5.41) is 9.11. The lowest BCUT2D eigenvalue weighted by atomic mass is 9.89. The summed E-state index contributed by atoms with van der Waals surface area (Å²) in [6, 6.07) is 5.66. The van der Waals surface area contributed by atoms with Crippen molar-refractivity contribution in [1.82, 2.24) is 0 Å². The van der Waals surface area contributed by atoms with E-state index in [1.807, 2.05) is 25.1 Å². The normalized spacial score (nSPS) is 14.2. The molecule has 4 heteroatoms. The maximum Gasteiger partial charge on any atom is 0.164 e. The minimum atomic E-state index is -0.0526. The SMILES string of the molecule is COc1cccc(C(CCO)C(C)N)c1OC. The van der Waals surface area contributed by atoms with Gasteiger partial charge in [-0.1, -0.05) is 12.1 Å². The molecule has 2 unspecified atom stereocenters. The quantitative estimate of drug-likeness (QED) is 0.790. The van der Waals surface area contributed by atoms with Gasteiger partial charge in [-0.3, -0.25) is 0 Å². The Balaban J connectivity index is 3.17. The van der Waals surface area contributed by atoms with Gasteiger partial charge in [-0.15, -0.1) is 0 Å². The highest BCUT2D eigenvalue weighted by Gasteiger charge is 2.21. The van der Waals surface area contributed by atoms with Crippen LogP contribution in [0.25, 0.3) is 0 Å². The van der Waals surface area contributed by atoms with E-state index in [0.717, 1.165) is 5.56 Å². The lowest BCUT2D eigenvalue weighted by Crippen LogP contribution is -2.26. The van der Waals surface area contributed by atoms with Crippen LogP contribution in [0, 0.1) is 0 Å². The van der Waals surface area contributed by atoms with Gasteiger partial charge in [0.15, 0.2) is 11.5 Å². The molecule has 0 saturated carbocycles.